The van der Waals surface area contributed by atoms with Crippen molar-refractivity contribution in [1.29, 1.82) is 0 Å². The van der Waals surface area contributed by atoms with Gasteiger partial charge in [-0.1, -0.05) is 20.3 Å². The predicted molar refractivity (Wildman–Crippen MR) is 102 cm³/mol. The third-order valence-electron chi connectivity index (χ3n) is 4.39. The second kappa shape index (κ2) is 12.0. The minimum Gasteiger partial charge on any atom is -0.480 e. The average Bonchev–Trinajstić information content (AvgIpc) is 2.62. The first-order valence-corrected chi connectivity index (χ1v) is 9.17. The Labute approximate surface area is 168 Å². The SMILES string of the molecule is CCC(C)C(NC(=O)C(C)NC(=O)C(CC(N)=O)NC(=O)C(N)C(C)O)C(=O)O. The van der Waals surface area contributed by atoms with Gasteiger partial charge < -0.3 is 37.6 Å². The molecule has 0 heterocycles. The van der Waals surface area contributed by atoms with Crippen molar-refractivity contribution in [3.63, 3.8) is 0 Å². The molecule has 0 rings (SSSR count). The van der Waals surface area contributed by atoms with Gasteiger partial charge in [0.1, 0.15) is 24.2 Å². The van der Waals surface area contributed by atoms with E-state index in [2.05, 4.69) is 16.0 Å². The molecule has 12 nitrogen and oxygen atoms in total. The Balaban J connectivity index is 5.14. The molecule has 9 N–H and O–H groups in total. The van der Waals surface area contributed by atoms with Crippen molar-refractivity contribution in [1.82, 2.24) is 16.0 Å². The van der Waals surface area contributed by atoms with Gasteiger partial charge >= 0.3 is 5.97 Å². The summed E-state index contributed by atoms with van der Waals surface area (Å²) < 4.78 is 0. The molecule has 0 aliphatic heterocycles. The van der Waals surface area contributed by atoms with E-state index in [0.717, 1.165) is 0 Å². The molecular weight excluding hydrogens is 386 g/mol. The van der Waals surface area contributed by atoms with Gasteiger partial charge in [0.05, 0.1) is 12.5 Å². The molecule has 12 heteroatoms. The van der Waals surface area contributed by atoms with Crippen molar-refractivity contribution >= 4 is 29.6 Å². The van der Waals surface area contributed by atoms with Crippen LogP contribution < -0.4 is 27.4 Å². The molecule has 0 spiro atoms. The fraction of sp³-hybridized carbons (Fsp3) is 0.706. The van der Waals surface area contributed by atoms with Crippen LogP contribution in [-0.2, 0) is 24.0 Å². The smallest absolute Gasteiger partial charge is 0.326 e. The number of carbonyl (C=O) groups excluding carboxylic acids is 4. The number of rotatable bonds is 12. The third-order valence-corrected chi connectivity index (χ3v) is 4.39. The molecule has 166 valence electrons. The number of carbonyl (C=O) groups is 5. The first-order chi connectivity index (χ1) is 13.3. The molecule has 6 atom stereocenters. The van der Waals surface area contributed by atoms with Crippen LogP contribution in [0.3, 0.4) is 0 Å². The molecule has 0 aromatic carbocycles. The van der Waals surface area contributed by atoms with Gasteiger partial charge in [-0.25, -0.2) is 4.79 Å². The Morgan fingerprint density at radius 2 is 1.48 bits per heavy atom. The van der Waals surface area contributed by atoms with Gasteiger partial charge in [0.25, 0.3) is 0 Å². The van der Waals surface area contributed by atoms with Crippen LogP contribution in [0.1, 0.15) is 40.5 Å². The lowest BCUT2D eigenvalue weighted by Crippen LogP contribution is -2.58. The number of hydrogen-bond acceptors (Lipinski definition) is 7. The summed E-state index contributed by atoms with van der Waals surface area (Å²) in [6, 6.07) is -5.07. The topological polar surface area (TPSA) is 214 Å². The van der Waals surface area contributed by atoms with Gasteiger partial charge in [-0.05, 0) is 19.8 Å². The number of aliphatic carboxylic acids is 1. The van der Waals surface area contributed by atoms with E-state index in [0.29, 0.717) is 6.42 Å². The van der Waals surface area contributed by atoms with Crippen molar-refractivity contribution in [2.24, 2.45) is 17.4 Å². The first kappa shape index (κ1) is 26.3. The van der Waals surface area contributed by atoms with Crippen LogP contribution >= 0.6 is 0 Å². The lowest BCUT2D eigenvalue weighted by Gasteiger charge is -2.24. The van der Waals surface area contributed by atoms with Crippen LogP contribution in [0.4, 0.5) is 0 Å². The fourth-order valence-electron chi connectivity index (χ4n) is 2.24. The molecule has 0 aliphatic rings. The molecule has 6 unspecified atom stereocenters. The summed E-state index contributed by atoms with van der Waals surface area (Å²) in [5.41, 5.74) is 10.6. The van der Waals surface area contributed by atoms with Gasteiger partial charge in [-0.2, -0.15) is 0 Å². The lowest BCUT2D eigenvalue weighted by molar-refractivity contribution is -0.143. The summed E-state index contributed by atoms with van der Waals surface area (Å²) >= 11 is 0. The standard InChI is InChI=1S/C17H31N5O7/c1-5-7(2)13(17(28)29)22-14(25)8(3)20-15(26)10(6-11(18)24)21-16(27)12(19)9(4)23/h7-10,12-13,23H,5-6,19H2,1-4H3,(H2,18,24)(H,20,26)(H,21,27)(H,22,25)(H,28,29). The number of amides is 4. The van der Waals surface area contributed by atoms with E-state index in [1.54, 1.807) is 13.8 Å². The Morgan fingerprint density at radius 1 is 0.931 bits per heavy atom. The van der Waals surface area contributed by atoms with E-state index in [-0.39, 0.29) is 5.92 Å². The zero-order valence-electron chi connectivity index (χ0n) is 17.0. The predicted octanol–water partition coefficient (Wildman–Crippen LogP) is -2.83. The highest BCUT2D eigenvalue weighted by atomic mass is 16.4. The van der Waals surface area contributed by atoms with Crippen molar-refractivity contribution in [3.8, 4) is 0 Å². The summed E-state index contributed by atoms with van der Waals surface area (Å²) in [5.74, 6) is -4.98. The molecule has 29 heavy (non-hydrogen) atoms. The van der Waals surface area contributed by atoms with Crippen LogP contribution in [0.25, 0.3) is 0 Å². The number of nitrogens with two attached hydrogens (primary N) is 2. The van der Waals surface area contributed by atoms with E-state index >= 15 is 0 Å². The van der Waals surface area contributed by atoms with E-state index in [9.17, 15) is 34.2 Å². The minimum atomic E-state index is -1.43. The second-order valence-corrected chi connectivity index (χ2v) is 6.94. The third kappa shape index (κ3) is 8.87. The second-order valence-electron chi connectivity index (χ2n) is 6.94. The largest absolute Gasteiger partial charge is 0.480 e. The highest BCUT2D eigenvalue weighted by molar-refractivity contribution is 5.96. The zero-order chi connectivity index (χ0) is 22.9. The first-order valence-electron chi connectivity index (χ1n) is 9.17. The van der Waals surface area contributed by atoms with Gasteiger partial charge in [0.15, 0.2) is 0 Å². The monoisotopic (exact) mass is 417 g/mol. The number of aliphatic hydroxyl groups is 1. The van der Waals surface area contributed by atoms with Crippen molar-refractivity contribution in [2.45, 2.75) is 70.8 Å². The highest BCUT2D eigenvalue weighted by Crippen LogP contribution is 2.08. The quantitative estimate of drug-likeness (QED) is 0.175. The summed E-state index contributed by atoms with van der Waals surface area (Å²) in [4.78, 5) is 59.1. The molecule has 0 saturated heterocycles. The van der Waals surface area contributed by atoms with Gasteiger partial charge in [-0.3, -0.25) is 19.2 Å². The number of aliphatic hydroxyl groups excluding tert-OH is 1. The van der Waals surface area contributed by atoms with Crippen molar-refractivity contribution < 1.29 is 34.2 Å². The maximum atomic E-state index is 12.4. The average molecular weight is 417 g/mol. The summed E-state index contributed by atoms with van der Waals surface area (Å²) in [6.45, 7) is 6.02. The fourth-order valence-corrected chi connectivity index (χ4v) is 2.24. The molecular formula is C17H31N5O7. The number of nitrogens with one attached hydrogen (secondary N) is 3. The van der Waals surface area contributed by atoms with Crippen LogP contribution in [-0.4, -0.2) is 70.1 Å². The Bertz CT molecular complexity index is 625. The molecule has 0 aromatic rings. The van der Waals surface area contributed by atoms with Crippen LogP contribution in [0, 0.1) is 5.92 Å². The minimum absolute atomic E-state index is 0.344. The number of primary amides is 1. The van der Waals surface area contributed by atoms with Crippen molar-refractivity contribution in [2.75, 3.05) is 0 Å². The van der Waals surface area contributed by atoms with E-state index in [1.807, 2.05) is 0 Å². The molecule has 0 saturated carbocycles. The Morgan fingerprint density at radius 3 is 1.90 bits per heavy atom. The molecule has 0 fully saturated rings. The number of carboxylic acid groups (broad SMARTS) is 1. The Hall–Kier alpha value is -2.73. The van der Waals surface area contributed by atoms with Crippen LogP contribution in [0.15, 0.2) is 0 Å². The molecule has 0 aromatic heterocycles. The number of hydrogen-bond donors (Lipinski definition) is 7. The zero-order valence-corrected chi connectivity index (χ0v) is 17.0. The molecule has 4 amide bonds. The molecule has 0 radical (unpaired) electrons. The van der Waals surface area contributed by atoms with E-state index < -0.39 is 66.3 Å². The van der Waals surface area contributed by atoms with Gasteiger partial charge in [0, 0.05) is 0 Å². The summed E-state index contributed by atoms with van der Waals surface area (Å²) in [6.07, 6.45) is -1.26. The van der Waals surface area contributed by atoms with Gasteiger partial charge in [0.2, 0.25) is 23.6 Å². The summed E-state index contributed by atoms with van der Waals surface area (Å²) in [5, 5.41) is 25.4. The Kier molecular flexibility index (Phi) is 10.8. The van der Waals surface area contributed by atoms with E-state index in [1.165, 1.54) is 13.8 Å². The number of carboxylic acids is 1. The van der Waals surface area contributed by atoms with Crippen molar-refractivity contribution in [3.05, 3.63) is 0 Å². The van der Waals surface area contributed by atoms with Crippen LogP contribution in [0.5, 0.6) is 0 Å². The maximum Gasteiger partial charge on any atom is 0.326 e. The highest BCUT2D eigenvalue weighted by Gasteiger charge is 2.31. The maximum absolute atomic E-state index is 12.4. The normalized spacial score (nSPS) is 17.0. The molecule has 0 aliphatic carbocycles. The van der Waals surface area contributed by atoms with E-state index in [4.69, 9.17) is 11.5 Å². The van der Waals surface area contributed by atoms with Gasteiger partial charge in [-0.15, -0.1) is 0 Å². The lowest BCUT2D eigenvalue weighted by atomic mass is 9.99. The summed E-state index contributed by atoms with van der Waals surface area (Å²) in [7, 11) is 0. The van der Waals surface area contributed by atoms with Crippen LogP contribution in [0.2, 0.25) is 0 Å². The molecule has 0 bridgehead atoms.